The van der Waals surface area contributed by atoms with Gasteiger partial charge in [0.25, 0.3) is 0 Å². The van der Waals surface area contributed by atoms with Gasteiger partial charge < -0.3 is 25.0 Å². The van der Waals surface area contributed by atoms with Crippen LogP contribution < -0.4 is 20.1 Å². The van der Waals surface area contributed by atoms with Gasteiger partial charge in [0.1, 0.15) is 6.61 Å². The lowest BCUT2D eigenvalue weighted by atomic mass is 10.2. The minimum Gasteiger partial charge on any atom is -0.493 e. The summed E-state index contributed by atoms with van der Waals surface area (Å²) >= 11 is 1.68. The van der Waals surface area contributed by atoms with E-state index in [0.717, 1.165) is 72.9 Å². The number of nitrogens with zero attached hydrogens (tertiary/aromatic N) is 3. The molecule has 7 nitrogen and oxygen atoms in total. The van der Waals surface area contributed by atoms with Crippen LogP contribution in [0.4, 0.5) is 0 Å². The monoisotopic (exact) mass is 575 g/mol. The molecule has 0 unspecified atom stereocenters. The number of aryl methyl sites for hydroxylation is 1. The van der Waals surface area contributed by atoms with Crippen molar-refractivity contribution < 1.29 is 9.47 Å². The maximum absolute atomic E-state index is 5.95. The fourth-order valence-corrected chi connectivity index (χ4v) is 3.75. The molecule has 0 aliphatic rings. The van der Waals surface area contributed by atoms with Gasteiger partial charge in [-0.3, -0.25) is 0 Å². The molecule has 0 bridgehead atoms. The fraction of sp³-hybridized carbons (Fsp3) is 0.565. The van der Waals surface area contributed by atoms with Crippen LogP contribution >= 0.6 is 35.3 Å². The van der Waals surface area contributed by atoms with E-state index in [1.807, 2.05) is 25.1 Å². The van der Waals surface area contributed by atoms with Crippen molar-refractivity contribution in [1.82, 2.24) is 20.5 Å². The van der Waals surface area contributed by atoms with Gasteiger partial charge in [0.2, 0.25) is 0 Å². The molecule has 0 saturated carbocycles. The molecule has 1 heterocycles. The first kappa shape index (κ1) is 28.4. The van der Waals surface area contributed by atoms with Crippen LogP contribution in [0.1, 0.15) is 37.0 Å². The highest BCUT2D eigenvalue weighted by Gasteiger charge is 2.08. The number of thiazole rings is 1. The average Bonchev–Trinajstić information content (AvgIpc) is 3.20. The van der Waals surface area contributed by atoms with E-state index in [9.17, 15) is 0 Å². The molecule has 0 atom stereocenters. The Morgan fingerprint density at radius 2 is 1.94 bits per heavy atom. The predicted octanol–water partition coefficient (Wildman–Crippen LogP) is 4.10. The molecule has 180 valence electrons. The molecule has 1 aromatic heterocycles. The maximum Gasteiger partial charge on any atom is 0.191 e. The summed E-state index contributed by atoms with van der Waals surface area (Å²) in [5, 5.41) is 9.89. The number of aromatic nitrogens is 1. The van der Waals surface area contributed by atoms with E-state index in [2.05, 4.69) is 46.7 Å². The molecule has 0 aliphatic carbocycles. The predicted molar refractivity (Wildman–Crippen MR) is 145 cm³/mol. The Hall–Kier alpha value is -1.59. The van der Waals surface area contributed by atoms with Gasteiger partial charge in [0.15, 0.2) is 17.5 Å². The molecule has 9 heteroatoms. The number of methoxy groups -OCH3 is 1. The minimum absolute atomic E-state index is 0. The van der Waals surface area contributed by atoms with Crippen molar-refractivity contribution in [2.45, 2.75) is 40.7 Å². The Labute approximate surface area is 214 Å². The Morgan fingerprint density at radius 3 is 2.56 bits per heavy atom. The van der Waals surface area contributed by atoms with Gasteiger partial charge in [0, 0.05) is 31.4 Å². The summed E-state index contributed by atoms with van der Waals surface area (Å²) in [7, 11) is 1.67. The molecule has 32 heavy (non-hydrogen) atoms. The number of ether oxygens (including phenoxy) is 2. The normalized spacial score (nSPS) is 11.2. The smallest absolute Gasteiger partial charge is 0.191 e. The van der Waals surface area contributed by atoms with Crippen molar-refractivity contribution in [3.8, 4) is 11.5 Å². The molecule has 0 aliphatic heterocycles. The molecule has 2 aromatic rings. The number of benzene rings is 1. The zero-order valence-corrected chi connectivity index (χ0v) is 23.1. The number of nitrogens with one attached hydrogen (secondary N) is 2. The van der Waals surface area contributed by atoms with Crippen molar-refractivity contribution in [3.63, 3.8) is 0 Å². The molecule has 0 spiro atoms. The number of likely N-dealkylation sites (N-methyl/N-ethyl adjacent to an activating group) is 1. The van der Waals surface area contributed by atoms with Crippen molar-refractivity contribution in [3.05, 3.63) is 39.8 Å². The number of rotatable bonds is 13. The zero-order valence-electron chi connectivity index (χ0n) is 19.9. The van der Waals surface area contributed by atoms with E-state index in [1.165, 1.54) is 0 Å². The quantitative estimate of drug-likeness (QED) is 0.213. The van der Waals surface area contributed by atoms with Gasteiger partial charge in [-0.25, -0.2) is 9.98 Å². The summed E-state index contributed by atoms with van der Waals surface area (Å²) in [6.07, 6.45) is 0.877. The van der Waals surface area contributed by atoms with Crippen LogP contribution in [-0.2, 0) is 13.0 Å². The second-order valence-corrected chi connectivity index (χ2v) is 8.15. The highest BCUT2D eigenvalue weighted by atomic mass is 127. The lowest BCUT2D eigenvalue weighted by Crippen LogP contribution is -2.38. The summed E-state index contributed by atoms with van der Waals surface area (Å²) < 4.78 is 11.5. The van der Waals surface area contributed by atoms with Crippen LogP contribution in [0.3, 0.4) is 0 Å². The van der Waals surface area contributed by atoms with Gasteiger partial charge >= 0.3 is 0 Å². The molecule has 2 N–H and O–H groups in total. The molecular weight excluding hydrogens is 537 g/mol. The molecular formula is C23H38IN5O2S. The van der Waals surface area contributed by atoms with Crippen LogP contribution in [0, 0.1) is 6.92 Å². The number of guanidine groups is 1. The van der Waals surface area contributed by atoms with Crippen molar-refractivity contribution in [1.29, 1.82) is 0 Å². The Bertz CT molecular complexity index is 811. The Morgan fingerprint density at radius 1 is 1.16 bits per heavy atom. The number of aliphatic imine (C=N–C) groups is 1. The third kappa shape index (κ3) is 9.91. The van der Waals surface area contributed by atoms with Crippen LogP contribution in [0.25, 0.3) is 0 Å². The Balaban J connectivity index is 0.00000512. The number of halogens is 1. The van der Waals surface area contributed by atoms with Gasteiger partial charge in [-0.2, -0.15) is 0 Å². The highest BCUT2D eigenvalue weighted by Crippen LogP contribution is 2.28. The van der Waals surface area contributed by atoms with Gasteiger partial charge in [0.05, 0.1) is 24.4 Å². The second kappa shape index (κ2) is 16.1. The third-order valence-corrected chi connectivity index (χ3v) is 5.71. The SMILES string of the molecule is CCNC(=NCc1ccc(OCCN(CC)CC)c(OC)c1)NCCc1csc(C)n1.I. The highest BCUT2D eigenvalue weighted by molar-refractivity contribution is 14.0. The lowest BCUT2D eigenvalue weighted by molar-refractivity contribution is 0.217. The van der Waals surface area contributed by atoms with E-state index in [1.54, 1.807) is 18.4 Å². The summed E-state index contributed by atoms with van der Waals surface area (Å²) in [4.78, 5) is 11.5. The number of hydrogen-bond acceptors (Lipinski definition) is 6. The van der Waals surface area contributed by atoms with Crippen molar-refractivity contribution >= 4 is 41.3 Å². The maximum atomic E-state index is 5.95. The van der Waals surface area contributed by atoms with Crippen LogP contribution in [0.15, 0.2) is 28.6 Å². The van der Waals surface area contributed by atoms with Crippen LogP contribution in [0.2, 0.25) is 0 Å². The molecule has 0 amide bonds. The van der Waals surface area contributed by atoms with E-state index >= 15 is 0 Å². The van der Waals surface area contributed by atoms with Crippen LogP contribution in [-0.4, -0.2) is 62.3 Å². The topological polar surface area (TPSA) is 71.0 Å². The molecule has 2 rings (SSSR count). The first-order chi connectivity index (χ1) is 15.1. The third-order valence-electron chi connectivity index (χ3n) is 4.89. The number of hydrogen-bond donors (Lipinski definition) is 2. The van der Waals surface area contributed by atoms with Crippen molar-refractivity contribution in [2.75, 3.05) is 46.4 Å². The van der Waals surface area contributed by atoms with Crippen LogP contribution in [0.5, 0.6) is 11.5 Å². The summed E-state index contributed by atoms with van der Waals surface area (Å²) in [6.45, 7) is 14.2. The first-order valence-corrected chi connectivity index (χ1v) is 11.9. The van der Waals surface area contributed by atoms with Gasteiger partial charge in [-0.1, -0.05) is 19.9 Å². The largest absolute Gasteiger partial charge is 0.493 e. The van der Waals surface area contributed by atoms with Crippen molar-refractivity contribution in [2.24, 2.45) is 4.99 Å². The fourth-order valence-electron chi connectivity index (χ4n) is 3.10. The molecule has 0 saturated heterocycles. The van der Waals surface area contributed by atoms with E-state index in [4.69, 9.17) is 14.5 Å². The lowest BCUT2D eigenvalue weighted by Gasteiger charge is -2.19. The standard InChI is InChI=1S/C23H37N5O2S.HI/c1-6-24-23(25-12-11-20-17-31-18(4)27-20)26-16-19-9-10-21(22(15-19)29-5)30-14-13-28(7-2)8-3;/h9-10,15,17H,6-8,11-14,16H2,1-5H3,(H2,24,25,26);1H. The summed E-state index contributed by atoms with van der Waals surface area (Å²) in [5.41, 5.74) is 2.19. The summed E-state index contributed by atoms with van der Waals surface area (Å²) in [5.74, 6) is 2.31. The molecule has 1 aromatic carbocycles. The first-order valence-electron chi connectivity index (χ1n) is 11.0. The molecule has 0 fully saturated rings. The minimum atomic E-state index is 0. The van der Waals surface area contributed by atoms with E-state index in [0.29, 0.717) is 13.2 Å². The Kier molecular flexibility index (Phi) is 14.3. The van der Waals surface area contributed by atoms with E-state index < -0.39 is 0 Å². The molecule has 0 radical (unpaired) electrons. The van der Waals surface area contributed by atoms with Gasteiger partial charge in [-0.05, 0) is 44.6 Å². The average molecular weight is 576 g/mol. The van der Waals surface area contributed by atoms with E-state index in [-0.39, 0.29) is 24.0 Å². The van der Waals surface area contributed by atoms with Gasteiger partial charge in [-0.15, -0.1) is 35.3 Å². The summed E-state index contributed by atoms with van der Waals surface area (Å²) in [6, 6.07) is 6.01. The second-order valence-electron chi connectivity index (χ2n) is 7.09. The zero-order chi connectivity index (χ0) is 22.5.